The second-order valence-corrected chi connectivity index (χ2v) is 5.25. The van der Waals surface area contributed by atoms with Crippen LogP contribution in [0.3, 0.4) is 0 Å². The summed E-state index contributed by atoms with van der Waals surface area (Å²) < 4.78 is 13.5. The molecule has 0 radical (unpaired) electrons. The minimum absolute atomic E-state index is 0.146. The minimum atomic E-state index is -0.622. The maximum Gasteiger partial charge on any atom is 0.265 e. The summed E-state index contributed by atoms with van der Waals surface area (Å²) in [7, 11) is 0. The fraction of sp³-hybridized carbons (Fsp3) is 0.375. The van der Waals surface area contributed by atoms with Crippen molar-refractivity contribution in [2.75, 3.05) is 6.54 Å². The van der Waals surface area contributed by atoms with Crippen LogP contribution in [-0.2, 0) is 11.3 Å². The molecule has 6 heteroatoms. The number of amides is 1. The van der Waals surface area contributed by atoms with Crippen molar-refractivity contribution in [2.24, 2.45) is 0 Å². The predicted octanol–water partition coefficient (Wildman–Crippen LogP) is 1.62. The van der Waals surface area contributed by atoms with E-state index in [2.05, 4.69) is 10.3 Å². The molecule has 0 saturated carbocycles. The van der Waals surface area contributed by atoms with Crippen LogP contribution in [0.5, 0.6) is 11.5 Å². The maximum atomic E-state index is 12.2. The number of carbonyl (C=O) groups excluding carboxylic acids is 1. The summed E-state index contributed by atoms with van der Waals surface area (Å²) in [6, 6.07) is 7.38. The van der Waals surface area contributed by atoms with Crippen LogP contribution in [0, 0.1) is 0 Å². The zero-order chi connectivity index (χ0) is 15.4. The van der Waals surface area contributed by atoms with Crippen molar-refractivity contribution in [2.45, 2.75) is 32.1 Å². The monoisotopic (exact) mass is 301 g/mol. The number of nitrogens with one attached hydrogen (secondary N) is 1. The summed E-state index contributed by atoms with van der Waals surface area (Å²) in [5.74, 6) is 1.14. The first-order chi connectivity index (χ1) is 10.7. The summed E-state index contributed by atoms with van der Waals surface area (Å²) in [5, 5.41) is 2.90. The molecular weight excluding hydrogens is 282 g/mol. The largest absolute Gasteiger partial charge is 0.482 e. The molecule has 1 amide bonds. The molecule has 2 atom stereocenters. The normalized spacial score (nSPS) is 19.7. The SMILES string of the molecule is C[C@H]1Oc2ccccc2O[C@H]1C(=O)NCCCn1ccnc1. The number of rotatable bonds is 5. The third kappa shape index (κ3) is 3.21. The average molecular weight is 301 g/mol. The Kier molecular flexibility index (Phi) is 4.27. The van der Waals surface area contributed by atoms with Crippen molar-refractivity contribution in [3.63, 3.8) is 0 Å². The van der Waals surface area contributed by atoms with E-state index in [9.17, 15) is 4.79 Å². The van der Waals surface area contributed by atoms with Gasteiger partial charge in [0, 0.05) is 25.5 Å². The van der Waals surface area contributed by atoms with E-state index in [4.69, 9.17) is 9.47 Å². The van der Waals surface area contributed by atoms with Gasteiger partial charge in [0.05, 0.1) is 6.33 Å². The van der Waals surface area contributed by atoms with E-state index in [1.807, 2.05) is 35.9 Å². The number of aromatic nitrogens is 2. The molecule has 1 aliphatic heterocycles. The summed E-state index contributed by atoms with van der Waals surface area (Å²) >= 11 is 0. The molecule has 22 heavy (non-hydrogen) atoms. The number of carbonyl (C=O) groups is 1. The highest BCUT2D eigenvalue weighted by molar-refractivity contribution is 5.82. The first-order valence-corrected chi connectivity index (χ1v) is 7.40. The number of aryl methyl sites for hydroxylation is 1. The number of ether oxygens (including phenoxy) is 2. The van der Waals surface area contributed by atoms with Crippen molar-refractivity contribution >= 4 is 5.91 Å². The van der Waals surface area contributed by atoms with E-state index < -0.39 is 6.10 Å². The lowest BCUT2D eigenvalue weighted by atomic mass is 10.1. The first-order valence-electron chi connectivity index (χ1n) is 7.40. The third-order valence-corrected chi connectivity index (χ3v) is 3.55. The van der Waals surface area contributed by atoms with Crippen molar-refractivity contribution in [3.05, 3.63) is 43.0 Å². The van der Waals surface area contributed by atoms with Crippen LogP contribution in [-0.4, -0.2) is 34.2 Å². The highest BCUT2D eigenvalue weighted by atomic mass is 16.6. The molecule has 1 N–H and O–H groups in total. The van der Waals surface area contributed by atoms with Crippen LogP contribution < -0.4 is 14.8 Å². The van der Waals surface area contributed by atoms with Gasteiger partial charge in [0.25, 0.3) is 5.91 Å². The molecule has 116 valence electrons. The Morgan fingerprint density at radius 2 is 2.09 bits per heavy atom. The van der Waals surface area contributed by atoms with Crippen LogP contribution in [0.25, 0.3) is 0 Å². The van der Waals surface area contributed by atoms with E-state index in [0.717, 1.165) is 13.0 Å². The Morgan fingerprint density at radius 3 is 2.82 bits per heavy atom. The van der Waals surface area contributed by atoms with E-state index in [0.29, 0.717) is 18.0 Å². The van der Waals surface area contributed by atoms with Crippen molar-refractivity contribution in [3.8, 4) is 11.5 Å². The van der Waals surface area contributed by atoms with Gasteiger partial charge in [-0.1, -0.05) is 12.1 Å². The van der Waals surface area contributed by atoms with Gasteiger partial charge in [-0.3, -0.25) is 4.79 Å². The number of para-hydroxylation sites is 2. The van der Waals surface area contributed by atoms with Gasteiger partial charge < -0.3 is 19.4 Å². The summed E-state index contributed by atoms with van der Waals surface area (Å²) in [4.78, 5) is 16.2. The van der Waals surface area contributed by atoms with Gasteiger partial charge >= 0.3 is 0 Å². The fourth-order valence-electron chi connectivity index (χ4n) is 2.40. The molecule has 3 rings (SSSR count). The van der Waals surface area contributed by atoms with E-state index in [1.165, 1.54) is 0 Å². The minimum Gasteiger partial charge on any atom is -0.482 e. The Hall–Kier alpha value is -2.50. The lowest BCUT2D eigenvalue weighted by Crippen LogP contribution is -2.49. The van der Waals surface area contributed by atoms with Gasteiger partial charge in [0.2, 0.25) is 6.10 Å². The standard InChI is InChI=1S/C16H19N3O3/c1-12-15(22-14-6-3-2-5-13(14)21-12)16(20)18-7-4-9-19-10-8-17-11-19/h2-3,5-6,8,10-12,15H,4,7,9H2,1H3,(H,18,20)/t12-,15-/m1/s1. The predicted molar refractivity (Wildman–Crippen MR) is 80.8 cm³/mol. The lowest BCUT2D eigenvalue weighted by molar-refractivity contribution is -0.133. The summed E-state index contributed by atoms with van der Waals surface area (Å²) in [5.41, 5.74) is 0. The molecule has 2 aromatic rings. The molecule has 0 fully saturated rings. The first kappa shape index (κ1) is 14.4. The number of fused-ring (bicyclic) bond motifs is 1. The highest BCUT2D eigenvalue weighted by Crippen LogP contribution is 2.33. The van der Waals surface area contributed by atoms with Crippen LogP contribution in [0.4, 0.5) is 0 Å². The zero-order valence-electron chi connectivity index (χ0n) is 12.4. The quantitative estimate of drug-likeness (QED) is 0.852. The van der Waals surface area contributed by atoms with E-state index in [-0.39, 0.29) is 12.0 Å². The molecule has 0 bridgehead atoms. The maximum absolute atomic E-state index is 12.2. The van der Waals surface area contributed by atoms with Crippen molar-refractivity contribution in [1.29, 1.82) is 0 Å². The van der Waals surface area contributed by atoms with Crippen LogP contribution in [0.1, 0.15) is 13.3 Å². The number of nitrogens with zero attached hydrogens (tertiary/aromatic N) is 2. The van der Waals surface area contributed by atoms with Crippen molar-refractivity contribution in [1.82, 2.24) is 14.9 Å². The molecule has 0 aliphatic carbocycles. The number of imidazole rings is 1. The summed E-state index contributed by atoms with van der Waals surface area (Å²) in [6.45, 7) is 3.25. The highest BCUT2D eigenvalue weighted by Gasteiger charge is 2.33. The van der Waals surface area contributed by atoms with E-state index in [1.54, 1.807) is 18.6 Å². The smallest absolute Gasteiger partial charge is 0.265 e. The Morgan fingerprint density at radius 1 is 1.32 bits per heavy atom. The lowest BCUT2D eigenvalue weighted by Gasteiger charge is -2.31. The average Bonchev–Trinajstić information content (AvgIpc) is 3.04. The van der Waals surface area contributed by atoms with Gasteiger partial charge in [0.1, 0.15) is 6.10 Å². The van der Waals surface area contributed by atoms with Crippen LogP contribution >= 0.6 is 0 Å². The molecule has 1 aromatic carbocycles. The second kappa shape index (κ2) is 6.51. The molecule has 1 aliphatic rings. The van der Waals surface area contributed by atoms with Crippen LogP contribution in [0.2, 0.25) is 0 Å². The van der Waals surface area contributed by atoms with Gasteiger partial charge in [-0.25, -0.2) is 4.98 Å². The van der Waals surface area contributed by atoms with Crippen molar-refractivity contribution < 1.29 is 14.3 Å². The molecule has 2 heterocycles. The van der Waals surface area contributed by atoms with Gasteiger partial charge in [-0.05, 0) is 25.5 Å². The van der Waals surface area contributed by atoms with Gasteiger partial charge in [-0.2, -0.15) is 0 Å². The number of hydrogen-bond donors (Lipinski definition) is 1. The number of hydrogen-bond acceptors (Lipinski definition) is 4. The zero-order valence-corrected chi connectivity index (χ0v) is 12.4. The molecule has 1 aromatic heterocycles. The third-order valence-electron chi connectivity index (χ3n) is 3.55. The van der Waals surface area contributed by atoms with E-state index >= 15 is 0 Å². The molecular formula is C16H19N3O3. The van der Waals surface area contributed by atoms with Gasteiger partial charge in [0.15, 0.2) is 11.5 Å². The second-order valence-electron chi connectivity index (χ2n) is 5.25. The number of benzene rings is 1. The van der Waals surface area contributed by atoms with Crippen LogP contribution in [0.15, 0.2) is 43.0 Å². The topological polar surface area (TPSA) is 65.4 Å². The van der Waals surface area contributed by atoms with Gasteiger partial charge in [-0.15, -0.1) is 0 Å². The molecule has 0 saturated heterocycles. The fourth-order valence-corrected chi connectivity index (χ4v) is 2.40. The molecule has 0 unspecified atom stereocenters. The molecule has 6 nitrogen and oxygen atoms in total. The molecule has 0 spiro atoms. The Bertz CT molecular complexity index is 627. The Labute approximate surface area is 129 Å². The Balaban J connectivity index is 1.50. The summed E-state index contributed by atoms with van der Waals surface area (Å²) in [6.07, 6.45) is 5.30.